The Kier molecular flexibility index (Phi) is 2.86. The molecule has 0 amide bonds. The molecule has 0 spiro atoms. The van der Waals surface area contributed by atoms with Crippen LogP contribution in [-0.2, 0) is 6.61 Å². The van der Waals surface area contributed by atoms with Crippen LogP contribution in [0.25, 0.3) is 10.8 Å². The number of nitrogen functional groups attached to an aromatic ring is 1. The summed E-state index contributed by atoms with van der Waals surface area (Å²) >= 11 is 1.69. The van der Waals surface area contributed by atoms with Crippen molar-refractivity contribution in [1.82, 2.24) is 4.98 Å². The van der Waals surface area contributed by atoms with E-state index in [4.69, 9.17) is 10.5 Å². The smallest absolute Gasteiger partial charge is 0.127 e. The number of fused-ring (bicyclic) bond motifs is 1. The van der Waals surface area contributed by atoms with Crippen LogP contribution in [-0.4, -0.2) is 4.98 Å². The van der Waals surface area contributed by atoms with Crippen molar-refractivity contribution in [2.24, 2.45) is 0 Å². The summed E-state index contributed by atoms with van der Waals surface area (Å²) in [5, 5.41) is 3.98. The highest BCUT2D eigenvalue weighted by molar-refractivity contribution is 7.09. The summed E-state index contributed by atoms with van der Waals surface area (Å²) in [5.74, 6) is 0.843. The van der Waals surface area contributed by atoms with Crippen molar-refractivity contribution >= 4 is 27.8 Å². The summed E-state index contributed by atoms with van der Waals surface area (Å²) < 4.78 is 5.85. The van der Waals surface area contributed by atoms with E-state index in [1.807, 2.05) is 29.6 Å². The van der Waals surface area contributed by atoms with Crippen molar-refractivity contribution in [3.05, 3.63) is 53.0 Å². The Labute approximate surface area is 109 Å². The van der Waals surface area contributed by atoms with E-state index in [1.165, 1.54) is 4.88 Å². The van der Waals surface area contributed by atoms with Gasteiger partial charge in [-0.3, -0.25) is 4.98 Å². The fourth-order valence-corrected chi connectivity index (χ4v) is 2.47. The molecule has 2 N–H and O–H groups in total. The molecule has 2 aromatic heterocycles. The highest BCUT2D eigenvalue weighted by Gasteiger charge is 2.05. The molecular formula is C14H12N2OS. The van der Waals surface area contributed by atoms with Gasteiger partial charge in [0, 0.05) is 33.7 Å². The molecule has 90 valence electrons. The SMILES string of the molecule is Nc1ccc(OCc2cccs2)c2ccncc12. The minimum absolute atomic E-state index is 0.582. The van der Waals surface area contributed by atoms with Crippen LogP contribution in [0.5, 0.6) is 5.75 Å². The molecule has 0 atom stereocenters. The molecule has 0 radical (unpaired) electrons. The lowest BCUT2D eigenvalue weighted by molar-refractivity contribution is 0.313. The minimum atomic E-state index is 0.582. The van der Waals surface area contributed by atoms with Crippen LogP contribution in [0.15, 0.2) is 48.1 Å². The molecule has 2 heterocycles. The second kappa shape index (κ2) is 4.66. The van der Waals surface area contributed by atoms with Gasteiger partial charge in [-0.05, 0) is 29.6 Å². The molecule has 0 bridgehead atoms. The van der Waals surface area contributed by atoms with E-state index in [0.717, 1.165) is 22.2 Å². The van der Waals surface area contributed by atoms with Crippen molar-refractivity contribution in [2.45, 2.75) is 6.61 Å². The first-order valence-electron chi connectivity index (χ1n) is 5.62. The van der Waals surface area contributed by atoms with Gasteiger partial charge in [-0.15, -0.1) is 11.3 Å². The first kappa shape index (κ1) is 11.0. The van der Waals surface area contributed by atoms with E-state index in [-0.39, 0.29) is 0 Å². The second-order valence-electron chi connectivity index (χ2n) is 3.94. The van der Waals surface area contributed by atoms with E-state index < -0.39 is 0 Å². The molecule has 0 saturated carbocycles. The number of thiophene rings is 1. The molecule has 0 aliphatic heterocycles. The van der Waals surface area contributed by atoms with Gasteiger partial charge >= 0.3 is 0 Å². The molecule has 3 nitrogen and oxygen atoms in total. The largest absolute Gasteiger partial charge is 0.487 e. The van der Waals surface area contributed by atoms with E-state index in [2.05, 4.69) is 11.1 Å². The van der Waals surface area contributed by atoms with Crippen LogP contribution >= 0.6 is 11.3 Å². The van der Waals surface area contributed by atoms with Crippen molar-refractivity contribution < 1.29 is 4.74 Å². The van der Waals surface area contributed by atoms with Crippen molar-refractivity contribution in [2.75, 3.05) is 5.73 Å². The Morgan fingerprint density at radius 2 is 2.11 bits per heavy atom. The number of nitrogens with two attached hydrogens (primary N) is 1. The van der Waals surface area contributed by atoms with Gasteiger partial charge in [0.15, 0.2) is 0 Å². The molecule has 1 aromatic carbocycles. The third kappa shape index (κ3) is 2.02. The Morgan fingerprint density at radius 1 is 1.17 bits per heavy atom. The Hall–Kier alpha value is -2.07. The van der Waals surface area contributed by atoms with E-state index in [9.17, 15) is 0 Å². The lowest BCUT2D eigenvalue weighted by Gasteiger charge is -2.09. The summed E-state index contributed by atoms with van der Waals surface area (Å²) in [7, 11) is 0. The molecule has 3 aromatic rings. The summed E-state index contributed by atoms with van der Waals surface area (Å²) in [6, 6.07) is 9.77. The van der Waals surface area contributed by atoms with Gasteiger partial charge in [0.2, 0.25) is 0 Å². The lowest BCUT2D eigenvalue weighted by Crippen LogP contribution is -1.95. The topological polar surface area (TPSA) is 48.1 Å². The number of rotatable bonds is 3. The van der Waals surface area contributed by atoms with Gasteiger partial charge in [0.05, 0.1) is 0 Å². The molecule has 0 fully saturated rings. The van der Waals surface area contributed by atoms with Gasteiger partial charge in [0.1, 0.15) is 12.4 Å². The summed E-state index contributed by atoms with van der Waals surface area (Å²) in [5.41, 5.74) is 6.65. The molecule has 0 saturated heterocycles. The van der Waals surface area contributed by atoms with E-state index in [0.29, 0.717) is 6.61 Å². The zero-order chi connectivity index (χ0) is 12.4. The fourth-order valence-electron chi connectivity index (χ4n) is 1.85. The monoisotopic (exact) mass is 256 g/mol. The van der Waals surface area contributed by atoms with E-state index in [1.54, 1.807) is 23.7 Å². The quantitative estimate of drug-likeness (QED) is 0.730. The third-order valence-electron chi connectivity index (χ3n) is 2.76. The van der Waals surface area contributed by atoms with Crippen LogP contribution in [0, 0.1) is 0 Å². The highest BCUT2D eigenvalue weighted by atomic mass is 32.1. The number of ether oxygens (including phenoxy) is 1. The Balaban J connectivity index is 1.94. The number of anilines is 1. The summed E-state index contributed by atoms with van der Waals surface area (Å²) in [6.45, 7) is 0.582. The minimum Gasteiger partial charge on any atom is -0.487 e. The summed E-state index contributed by atoms with van der Waals surface area (Å²) in [6.07, 6.45) is 3.52. The van der Waals surface area contributed by atoms with Gasteiger partial charge in [-0.1, -0.05) is 6.07 Å². The number of aromatic nitrogens is 1. The zero-order valence-corrected chi connectivity index (χ0v) is 10.5. The Morgan fingerprint density at radius 3 is 2.94 bits per heavy atom. The van der Waals surface area contributed by atoms with Gasteiger partial charge < -0.3 is 10.5 Å². The van der Waals surface area contributed by atoms with Crippen LogP contribution in [0.3, 0.4) is 0 Å². The predicted octanol–water partition coefficient (Wildman–Crippen LogP) is 3.46. The molecule has 3 rings (SSSR count). The molecule has 4 heteroatoms. The number of benzene rings is 1. The predicted molar refractivity (Wildman–Crippen MR) is 74.8 cm³/mol. The maximum absolute atomic E-state index is 5.92. The van der Waals surface area contributed by atoms with Crippen LogP contribution < -0.4 is 10.5 Å². The maximum Gasteiger partial charge on any atom is 0.127 e. The average Bonchev–Trinajstić information content (AvgIpc) is 2.92. The number of pyridine rings is 1. The molecule has 0 aliphatic rings. The van der Waals surface area contributed by atoms with Gasteiger partial charge in [-0.2, -0.15) is 0 Å². The summed E-state index contributed by atoms with van der Waals surface area (Å²) in [4.78, 5) is 5.29. The molecule has 0 unspecified atom stereocenters. The van der Waals surface area contributed by atoms with Crippen LogP contribution in [0.2, 0.25) is 0 Å². The van der Waals surface area contributed by atoms with Crippen LogP contribution in [0.4, 0.5) is 5.69 Å². The highest BCUT2D eigenvalue weighted by Crippen LogP contribution is 2.30. The Bertz CT molecular complexity index is 665. The van der Waals surface area contributed by atoms with Gasteiger partial charge in [-0.25, -0.2) is 0 Å². The molecule has 18 heavy (non-hydrogen) atoms. The average molecular weight is 256 g/mol. The molecule has 0 aliphatic carbocycles. The number of nitrogens with zero attached hydrogens (tertiary/aromatic N) is 1. The fraction of sp³-hybridized carbons (Fsp3) is 0.0714. The van der Waals surface area contributed by atoms with Gasteiger partial charge in [0.25, 0.3) is 0 Å². The van der Waals surface area contributed by atoms with Crippen molar-refractivity contribution in [1.29, 1.82) is 0 Å². The van der Waals surface area contributed by atoms with Crippen molar-refractivity contribution in [3.63, 3.8) is 0 Å². The first-order chi connectivity index (χ1) is 8.84. The zero-order valence-electron chi connectivity index (χ0n) is 9.67. The second-order valence-corrected chi connectivity index (χ2v) is 4.97. The van der Waals surface area contributed by atoms with Crippen LogP contribution in [0.1, 0.15) is 4.88 Å². The van der Waals surface area contributed by atoms with Crippen molar-refractivity contribution in [3.8, 4) is 5.75 Å². The van der Waals surface area contributed by atoms with E-state index >= 15 is 0 Å². The maximum atomic E-state index is 5.92. The first-order valence-corrected chi connectivity index (χ1v) is 6.50. The normalized spacial score (nSPS) is 10.7. The lowest BCUT2D eigenvalue weighted by atomic mass is 10.1. The third-order valence-corrected chi connectivity index (χ3v) is 3.61. The molecular weight excluding hydrogens is 244 g/mol. The number of hydrogen-bond acceptors (Lipinski definition) is 4. The standard InChI is InChI=1S/C14H12N2OS/c15-13-3-4-14(11-5-6-16-8-12(11)13)17-9-10-2-1-7-18-10/h1-8H,9,15H2. The number of hydrogen-bond donors (Lipinski definition) is 1.